The molecule has 0 saturated carbocycles. The number of phenols is 1. The predicted molar refractivity (Wildman–Crippen MR) is 111 cm³/mol. The molecular weight excluding hydrogens is 336 g/mol. The first-order chi connectivity index (χ1) is 12.7. The van der Waals surface area contributed by atoms with Crippen molar-refractivity contribution in [2.45, 2.75) is 90.1 Å². The van der Waals surface area contributed by atoms with Gasteiger partial charge in [-0.2, -0.15) is 0 Å². The van der Waals surface area contributed by atoms with E-state index in [1.807, 2.05) is 6.07 Å². The Morgan fingerprint density at radius 3 is 2.63 bits per heavy atom. The predicted octanol–water partition coefficient (Wildman–Crippen LogP) is 5.83. The Morgan fingerprint density at radius 2 is 1.96 bits per heavy atom. The van der Waals surface area contributed by atoms with Crippen LogP contribution in [0, 0.1) is 5.92 Å². The molecule has 1 aliphatic heterocycles. The van der Waals surface area contributed by atoms with Crippen LogP contribution in [-0.4, -0.2) is 22.4 Å². The summed E-state index contributed by atoms with van der Waals surface area (Å²) in [4.78, 5) is 0. The summed E-state index contributed by atoms with van der Waals surface area (Å²) >= 11 is 0. The summed E-state index contributed by atoms with van der Waals surface area (Å²) in [5.41, 5.74) is 2.88. The molecule has 1 aliphatic carbocycles. The normalized spacial score (nSPS) is 23.9. The minimum atomic E-state index is -0.285. The maximum Gasteiger partial charge on any atom is 0.127 e. The lowest BCUT2D eigenvalue weighted by molar-refractivity contribution is 0.00662. The van der Waals surface area contributed by atoms with Crippen molar-refractivity contribution in [2.75, 3.05) is 6.61 Å². The molecule has 0 bridgehead atoms. The maximum atomic E-state index is 11.0. The van der Waals surface area contributed by atoms with Gasteiger partial charge in [0.2, 0.25) is 0 Å². The summed E-state index contributed by atoms with van der Waals surface area (Å²) in [6.45, 7) is 11.1. The Labute approximate surface area is 164 Å². The first kappa shape index (κ1) is 20.3. The molecule has 0 aromatic heterocycles. The van der Waals surface area contributed by atoms with Gasteiger partial charge in [-0.15, -0.1) is 0 Å². The van der Waals surface area contributed by atoms with Crippen LogP contribution in [0.3, 0.4) is 0 Å². The summed E-state index contributed by atoms with van der Waals surface area (Å²) in [5, 5.41) is 20.6. The first-order valence-electron chi connectivity index (χ1n) is 10.5. The molecule has 2 atom stereocenters. The summed E-state index contributed by atoms with van der Waals surface area (Å²) in [5.74, 6) is 1.71. The Kier molecular flexibility index (Phi) is 5.63. The summed E-state index contributed by atoms with van der Waals surface area (Å²) in [6, 6.07) is 4.12. The van der Waals surface area contributed by atoms with Crippen molar-refractivity contribution in [3.8, 4) is 11.5 Å². The summed E-state index contributed by atoms with van der Waals surface area (Å²) in [6.07, 6.45) is 8.59. The average molecular weight is 373 g/mol. The van der Waals surface area contributed by atoms with Crippen molar-refractivity contribution in [1.29, 1.82) is 0 Å². The molecule has 3 heteroatoms. The SMILES string of the molecule is CCCCCC(C)(C)c1cc(O)c2c(c1)OC(C)(C)[C@@H]1CC=C(CO)C[C@@H]21. The standard InChI is InChI=1S/C24H36O3/c1-6-7-8-11-23(2,3)17-13-20(26)22-18-12-16(15-25)9-10-19(18)24(4,5)27-21(22)14-17/h9,13-14,18-19,25-26H,6-8,10-12,15H2,1-5H3/t18-,19-/m1/s1. The van der Waals surface area contributed by atoms with E-state index in [-0.39, 0.29) is 23.5 Å². The van der Waals surface area contributed by atoms with Gasteiger partial charge in [0, 0.05) is 17.4 Å². The fraction of sp³-hybridized carbons (Fsp3) is 0.667. The second-order valence-electron chi connectivity index (χ2n) is 9.63. The van der Waals surface area contributed by atoms with Crippen LogP contribution in [0.1, 0.15) is 90.2 Å². The lowest BCUT2D eigenvalue weighted by Gasteiger charge is -2.47. The van der Waals surface area contributed by atoms with Crippen molar-refractivity contribution in [2.24, 2.45) is 5.92 Å². The number of rotatable bonds is 6. The van der Waals surface area contributed by atoms with Gasteiger partial charge in [0.05, 0.1) is 6.61 Å². The lowest BCUT2D eigenvalue weighted by atomic mass is 9.66. The van der Waals surface area contributed by atoms with Gasteiger partial charge in [-0.3, -0.25) is 0 Å². The smallest absolute Gasteiger partial charge is 0.127 e. The number of ether oxygens (including phenoxy) is 1. The fourth-order valence-electron chi connectivity index (χ4n) is 4.95. The number of hydrogen-bond donors (Lipinski definition) is 2. The molecule has 0 spiro atoms. The number of benzene rings is 1. The van der Waals surface area contributed by atoms with Crippen LogP contribution in [0.25, 0.3) is 0 Å². The van der Waals surface area contributed by atoms with E-state index in [9.17, 15) is 10.2 Å². The molecule has 0 amide bonds. The molecule has 3 rings (SSSR count). The first-order valence-corrected chi connectivity index (χ1v) is 10.5. The van der Waals surface area contributed by atoms with Crippen LogP contribution in [0.15, 0.2) is 23.8 Å². The molecular formula is C24H36O3. The maximum absolute atomic E-state index is 11.0. The van der Waals surface area contributed by atoms with E-state index in [1.165, 1.54) is 19.3 Å². The number of fused-ring (bicyclic) bond motifs is 3. The molecule has 2 N–H and O–H groups in total. The second kappa shape index (κ2) is 7.50. The summed E-state index contributed by atoms with van der Waals surface area (Å²) < 4.78 is 6.45. The largest absolute Gasteiger partial charge is 0.508 e. The lowest BCUT2D eigenvalue weighted by Crippen LogP contribution is -2.45. The van der Waals surface area contributed by atoms with E-state index in [2.05, 4.69) is 46.8 Å². The molecule has 1 heterocycles. The zero-order valence-electron chi connectivity index (χ0n) is 17.6. The van der Waals surface area contributed by atoms with Crippen LogP contribution < -0.4 is 4.74 Å². The van der Waals surface area contributed by atoms with Gasteiger partial charge in [-0.1, -0.05) is 46.1 Å². The Morgan fingerprint density at radius 1 is 1.22 bits per heavy atom. The molecule has 0 saturated heterocycles. The van der Waals surface area contributed by atoms with Gasteiger partial charge in [0.15, 0.2) is 0 Å². The number of hydrogen-bond acceptors (Lipinski definition) is 3. The molecule has 1 aromatic carbocycles. The topological polar surface area (TPSA) is 49.7 Å². The van der Waals surface area contributed by atoms with Gasteiger partial charge in [0.1, 0.15) is 17.1 Å². The average Bonchev–Trinajstić information content (AvgIpc) is 2.60. The third kappa shape index (κ3) is 3.89. The molecule has 150 valence electrons. The Bertz CT molecular complexity index is 715. The number of phenolic OH excluding ortho intramolecular Hbond substituents is 1. The van der Waals surface area contributed by atoms with Crippen LogP contribution in [0.4, 0.5) is 0 Å². The third-order valence-electron chi connectivity index (χ3n) is 6.78. The van der Waals surface area contributed by atoms with Gasteiger partial charge < -0.3 is 14.9 Å². The van der Waals surface area contributed by atoms with E-state index in [0.29, 0.717) is 11.7 Å². The number of aliphatic hydroxyl groups is 1. The van der Waals surface area contributed by atoms with Crippen molar-refractivity contribution >= 4 is 0 Å². The monoisotopic (exact) mass is 372 g/mol. The minimum Gasteiger partial charge on any atom is -0.508 e. The molecule has 0 unspecified atom stereocenters. The van der Waals surface area contributed by atoms with Gasteiger partial charge in [0.25, 0.3) is 0 Å². The molecule has 3 nitrogen and oxygen atoms in total. The van der Waals surface area contributed by atoms with E-state index < -0.39 is 0 Å². The number of unbranched alkanes of at least 4 members (excludes halogenated alkanes) is 2. The van der Waals surface area contributed by atoms with E-state index in [1.54, 1.807) is 0 Å². The van der Waals surface area contributed by atoms with E-state index in [4.69, 9.17) is 4.74 Å². The van der Waals surface area contributed by atoms with E-state index >= 15 is 0 Å². The fourth-order valence-corrected chi connectivity index (χ4v) is 4.95. The highest BCUT2D eigenvalue weighted by atomic mass is 16.5. The van der Waals surface area contributed by atoms with Crippen LogP contribution in [0.2, 0.25) is 0 Å². The summed E-state index contributed by atoms with van der Waals surface area (Å²) in [7, 11) is 0. The highest BCUT2D eigenvalue weighted by Gasteiger charge is 2.46. The van der Waals surface area contributed by atoms with Crippen molar-refractivity contribution in [1.82, 2.24) is 0 Å². The minimum absolute atomic E-state index is 0.00869. The number of aliphatic hydroxyl groups excluding tert-OH is 1. The zero-order valence-corrected chi connectivity index (χ0v) is 17.6. The molecule has 0 radical (unpaired) electrons. The third-order valence-corrected chi connectivity index (χ3v) is 6.78. The van der Waals surface area contributed by atoms with Crippen LogP contribution in [0.5, 0.6) is 11.5 Å². The zero-order chi connectivity index (χ0) is 19.8. The molecule has 27 heavy (non-hydrogen) atoms. The molecule has 2 aliphatic rings. The van der Waals surface area contributed by atoms with Crippen molar-refractivity contribution < 1.29 is 14.9 Å². The van der Waals surface area contributed by atoms with Gasteiger partial charge in [-0.05, 0) is 61.8 Å². The Hall–Kier alpha value is -1.48. The van der Waals surface area contributed by atoms with Crippen LogP contribution in [-0.2, 0) is 5.41 Å². The van der Waals surface area contributed by atoms with Gasteiger partial charge >= 0.3 is 0 Å². The molecule has 0 fully saturated rings. The van der Waals surface area contributed by atoms with Gasteiger partial charge in [-0.25, -0.2) is 0 Å². The second-order valence-corrected chi connectivity index (χ2v) is 9.63. The molecule has 1 aromatic rings. The highest BCUT2D eigenvalue weighted by molar-refractivity contribution is 5.54. The number of aromatic hydroxyl groups is 1. The Balaban J connectivity index is 1.99. The number of allylic oxidation sites excluding steroid dienone is 1. The van der Waals surface area contributed by atoms with E-state index in [0.717, 1.165) is 41.7 Å². The quantitative estimate of drug-likeness (QED) is 0.487. The van der Waals surface area contributed by atoms with Crippen LogP contribution >= 0.6 is 0 Å². The van der Waals surface area contributed by atoms with Crippen molar-refractivity contribution in [3.05, 3.63) is 34.9 Å². The highest BCUT2D eigenvalue weighted by Crippen LogP contribution is 2.54. The van der Waals surface area contributed by atoms with Crippen molar-refractivity contribution in [3.63, 3.8) is 0 Å².